The van der Waals surface area contributed by atoms with Crippen molar-refractivity contribution in [2.75, 3.05) is 25.0 Å². The fourth-order valence-corrected chi connectivity index (χ4v) is 3.36. The largest absolute Gasteiger partial charge is 0.354 e. The van der Waals surface area contributed by atoms with Crippen LogP contribution < -0.4 is 21.3 Å². The topological polar surface area (TPSA) is 109 Å². The van der Waals surface area contributed by atoms with Gasteiger partial charge < -0.3 is 26.2 Å². The number of hydrogen-bond donors (Lipinski definition) is 5. The molecule has 8 nitrogen and oxygen atoms in total. The predicted molar refractivity (Wildman–Crippen MR) is 100 cm³/mol. The number of nitrogens with one attached hydrogen (secondary N) is 5. The van der Waals surface area contributed by atoms with Crippen molar-refractivity contribution in [3.63, 3.8) is 0 Å². The van der Waals surface area contributed by atoms with Crippen molar-refractivity contribution in [3.05, 3.63) is 29.8 Å². The SMILES string of the molecule is CC(C)NC(=O)Nc1ccc(C(=O)N2CCC3(CC2)CNC(=N)N3)cc1. The van der Waals surface area contributed by atoms with E-state index in [-0.39, 0.29) is 23.5 Å². The molecule has 2 saturated heterocycles. The summed E-state index contributed by atoms with van der Waals surface area (Å²) in [5, 5.41) is 19.4. The summed E-state index contributed by atoms with van der Waals surface area (Å²) in [4.78, 5) is 26.3. The summed E-state index contributed by atoms with van der Waals surface area (Å²) >= 11 is 0. The number of hydrogen-bond acceptors (Lipinski definition) is 3. The molecular weight excluding hydrogens is 332 g/mol. The molecule has 26 heavy (non-hydrogen) atoms. The van der Waals surface area contributed by atoms with Crippen LogP contribution in [0.1, 0.15) is 37.0 Å². The first-order valence-corrected chi connectivity index (χ1v) is 8.94. The lowest BCUT2D eigenvalue weighted by Crippen LogP contribution is -2.53. The van der Waals surface area contributed by atoms with Crippen LogP contribution in [-0.2, 0) is 0 Å². The average Bonchev–Trinajstić information content (AvgIpc) is 2.95. The van der Waals surface area contributed by atoms with Crippen LogP contribution >= 0.6 is 0 Å². The molecule has 140 valence electrons. The van der Waals surface area contributed by atoms with Crippen LogP contribution in [0, 0.1) is 5.41 Å². The van der Waals surface area contributed by atoms with Crippen molar-refractivity contribution in [3.8, 4) is 0 Å². The first kappa shape index (κ1) is 18.0. The van der Waals surface area contributed by atoms with Gasteiger partial charge in [-0.25, -0.2) is 4.79 Å². The number of carbonyl (C=O) groups excluding carboxylic acids is 2. The van der Waals surface area contributed by atoms with E-state index in [1.807, 2.05) is 18.7 Å². The molecule has 1 spiro atoms. The van der Waals surface area contributed by atoms with Crippen molar-refractivity contribution in [2.24, 2.45) is 0 Å². The normalized spacial score (nSPS) is 18.4. The third-order valence-corrected chi connectivity index (χ3v) is 4.81. The molecule has 2 fully saturated rings. The quantitative estimate of drug-likeness (QED) is 0.561. The molecule has 3 amide bonds. The molecule has 0 saturated carbocycles. The number of guanidine groups is 1. The highest BCUT2D eigenvalue weighted by Gasteiger charge is 2.40. The highest BCUT2D eigenvalue weighted by molar-refractivity contribution is 5.95. The smallest absolute Gasteiger partial charge is 0.319 e. The average molecular weight is 358 g/mol. The molecule has 5 N–H and O–H groups in total. The maximum Gasteiger partial charge on any atom is 0.319 e. The van der Waals surface area contributed by atoms with E-state index in [0.29, 0.717) is 30.3 Å². The second kappa shape index (κ2) is 7.23. The minimum atomic E-state index is -0.261. The fourth-order valence-electron chi connectivity index (χ4n) is 3.36. The van der Waals surface area contributed by atoms with Crippen molar-refractivity contribution >= 4 is 23.6 Å². The summed E-state index contributed by atoms with van der Waals surface area (Å²) in [6.07, 6.45) is 1.65. The summed E-state index contributed by atoms with van der Waals surface area (Å²) < 4.78 is 0. The van der Waals surface area contributed by atoms with Gasteiger partial charge in [-0.15, -0.1) is 0 Å². The van der Waals surface area contributed by atoms with Crippen LogP contribution in [0.15, 0.2) is 24.3 Å². The van der Waals surface area contributed by atoms with Crippen molar-refractivity contribution < 1.29 is 9.59 Å². The van der Waals surface area contributed by atoms with Gasteiger partial charge in [0.15, 0.2) is 5.96 Å². The van der Waals surface area contributed by atoms with Crippen LogP contribution in [0.5, 0.6) is 0 Å². The molecule has 1 aromatic carbocycles. The number of carbonyl (C=O) groups is 2. The molecule has 2 aliphatic heterocycles. The molecule has 0 radical (unpaired) electrons. The number of piperidine rings is 1. The second-order valence-electron chi connectivity index (χ2n) is 7.26. The number of benzene rings is 1. The Kier molecular flexibility index (Phi) is 5.01. The molecule has 0 aliphatic carbocycles. The van der Waals surface area contributed by atoms with E-state index in [0.717, 1.165) is 19.4 Å². The molecule has 0 atom stereocenters. The number of anilines is 1. The van der Waals surface area contributed by atoms with Crippen molar-refractivity contribution in [1.82, 2.24) is 20.9 Å². The highest BCUT2D eigenvalue weighted by Crippen LogP contribution is 2.25. The summed E-state index contributed by atoms with van der Waals surface area (Å²) in [6, 6.07) is 6.76. The zero-order valence-corrected chi connectivity index (χ0v) is 15.2. The third kappa shape index (κ3) is 4.07. The minimum Gasteiger partial charge on any atom is -0.354 e. The van der Waals surface area contributed by atoms with E-state index in [9.17, 15) is 9.59 Å². The summed E-state index contributed by atoms with van der Waals surface area (Å²) in [5.41, 5.74) is 1.17. The Morgan fingerprint density at radius 2 is 1.85 bits per heavy atom. The van der Waals surface area contributed by atoms with Gasteiger partial charge in [-0.1, -0.05) is 0 Å². The van der Waals surface area contributed by atoms with E-state index < -0.39 is 0 Å². The molecule has 3 rings (SSSR count). The lowest BCUT2D eigenvalue weighted by molar-refractivity contribution is 0.0669. The van der Waals surface area contributed by atoms with Gasteiger partial charge in [0, 0.05) is 36.9 Å². The lowest BCUT2D eigenvalue weighted by Gasteiger charge is -2.38. The molecule has 0 unspecified atom stereocenters. The molecule has 0 bridgehead atoms. The third-order valence-electron chi connectivity index (χ3n) is 4.81. The van der Waals surface area contributed by atoms with Crippen molar-refractivity contribution in [2.45, 2.75) is 38.3 Å². The second-order valence-corrected chi connectivity index (χ2v) is 7.26. The highest BCUT2D eigenvalue weighted by atomic mass is 16.2. The Bertz CT molecular complexity index is 692. The molecule has 8 heteroatoms. The maximum absolute atomic E-state index is 12.7. The number of nitrogens with zero attached hydrogens (tertiary/aromatic N) is 1. The molecular formula is C18H26N6O2. The van der Waals surface area contributed by atoms with Gasteiger partial charge in [0.2, 0.25) is 0 Å². The van der Waals surface area contributed by atoms with Gasteiger partial charge in [0.1, 0.15) is 0 Å². The zero-order valence-electron chi connectivity index (χ0n) is 15.2. The molecule has 0 aromatic heterocycles. The summed E-state index contributed by atoms with van der Waals surface area (Å²) in [5.74, 6) is 0.369. The first-order valence-electron chi connectivity index (χ1n) is 8.94. The fraction of sp³-hybridized carbons (Fsp3) is 0.500. The van der Waals surface area contributed by atoms with Crippen LogP contribution in [-0.4, -0.2) is 54.0 Å². The van der Waals surface area contributed by atoms with Crippen LogP contribution in [0.4, 0.5) is 10.5 Å². The molecule has 2 aliphatic rings. The number of likely N-dealkylation sites (tertiary alicyclic amines) is 1. The van der Waals surface area contributed by atoms with E-state index >= 15 is 0 Å². The van der Waals surface area contributed by atoms with Crippen LogP contribution in [0.25, 0.3) is 0 Å². The Labute approximate surface area is 153 Å². The van der Waals surface area contributed by atoms with Crippen LogP contribution in [0.2, 0.25) is 0 Å². The Balaban J connectivity index is 1.55. The van der Waals surface area contributed by atoms with E-state index in [2.05, 4.69) is 21.3 Å². The summed E-state index contributed by atoms with van der Waals surface area (Å²) in [7, 11) is 0. The Morgan fingerprint density at radius 3 is 2.38 bits per heavy atom. The van der Waals surface area contributed by atoms with Crippen molar-refractivity contribution in [1.29, 1.82) is 5.41 Å². The minimum absolute atomic E-state index is 0.000866. The lowest BCUT2D eigenvalue weighted by atomic mass is 9.88. The standard InChI is InChI=1S/C18H26N6O2/c1-12(2)21-17(26)22-14-5-3-13(4-6-14)15(25)24-9-7-18(8-10-24)11-20-16(19)23-18/h3-6,12H,7-11H2,1-2H3,(H3,19,20,23)(H2,21,22,26). The first-order chi connectivity index (χ1) is 12.4. The van der Waals surface area contributed by atoms with Gasteiger partial charge in [-0.3, -0.25) is 10.2 Å². The number of amides is 3. The van der Waals surface area contributed by atoms with Gasteiger partial charge in [0.25, 0.3) is 5.91 Å². The van der Waals surface area contributed by atoms with E-state index in [4.69, 9.17) is 5.41 Å². The van der Waals surface area contributed by atoms with Gasteiger partial charge in [0.05, 0.1) is 5.54 Å². The predicted octanol–water partition coefficient (Wildman–Crippen LogP) is 1.32. The molecule has 2 heterocycles. The van der Waals surface area contributed by atoms with Crippen LogP contribution in [0.3, 0.4) is 0 Å². The maximum atomic E-state index is 12.7. The van der Waals surface area contributed by atoms with Gasteiger partial charge >= 0.3 is 6.03 Å². The number of rotatable bonds is 3. The Morgan fingerprint density at radius 1 is 1.19 bits per heavy atom. The zero-order chi connectivity index (χ0) is 18.7. The molecule has 1 aromatic rings. The van der Waals surface area contributed by atoms with E-state index in [1.165, 1.54) is 0 Å². The monoisotopic (exact) mass is 358 g/mol. The Hall–Kier alpha value is -2.77. The van der Waals surface area contributed by atoms with Gasteiger partial charge in [-0.2, -0.15) is 0 Å². The van der Waals surface area contributed by atoms with Gasteiger partial charge in [-0.05, 0) is 51.0 Å². The van der Waals surface area contributed by atoms with E-state index in [1.54, 1.807) is 24.3 Å². The number of urea groups is 1. The summed E-state index contributed by atoms with van der Waals surface area (Å²) in [6.45, 7) is 5.86.